The van der Waals surface area contributed by atoms with E-state index < -0.39 is 10.8 Å². The molecule has 1 amide bonds. The fourth-order valence-electron chi connectivity index (χ4n) is 2.33. The molecule has 0 saturated heterocycles. The van der Waals surface area contributed by atoms with Crippen LogP contribution in [0.3, 0.4) is 0 Å². The highest BCUT2D eigenvalue weighted by Gasteiger charge is 2.15. The van der Waals surface area contributed by atoms with Gasteiger partial charge in [0.1, 0.15) is 11.8 Å². The van der Waals surface area contributed by atoms with Crippen LogP contribution < -0.4 is 5.32 Å². The molecule has 0 aliphatic heterocycles. The molecule has 0 radical (unpaired) electrons. The first-order valence-corrected chi connectivity index (χ1v) is 8.53. The summed E-state index contributed by atoms with van der Waals surface area (Å²) in [7, 11) is -0.970. The van der Waals surface area contributed by atoms with Crippen molar-refractivity contribution in [2.24, 2.45) is 0 Å². The van der Waals surface area contributed by atoms with Crippen molar-refractivity contribution in [1.82, 2.24) is 0 Å². The second-order valence-corrected chi connectivity index (χ2v) is 6.41. The number of anilines is 1. The molecule has 0 aliphatic rings. The fourth-order valence-corrected chi connectivity index (χ4v) is 3.02. The Balaban J connectivity index is 1.90. The summed E-state index contributed by atoms with van der Waals surface area (Å²) < 4.78 is 16.8. The van der Waals surface area contributed by atoms with E-state index in [0.717, 1.165) is 10.9 Å². The fraction of sp³-hybridized carbons (Fsp3) is 0.118. The van der Waals surface area contributed by atoms with Crippen LogP contribution in [0.4, 0.5) is 5.69 Å². The van der Waals surface area contributed by atoms with Crippen molar-refractivity contribution in [3.63, 3.8) is 0 Å². The summed E-state index contributed by atoms with van der Waals surface area (Å²) in [5.74, 6) is 0.169. The molecule has 3 aromatic rings. The maximum atomic E-state index is 12.5. The number of benzene rings is 2. The van der Waals surface area contributed by atoms with Crippen molar-refractivity contribution in [2.75, 3.05) is 11.6 Å². The van der Waals surface area contributed by atoms with Gasteiger partial charge in [-0.15, -0.1) is 0 Å². The summed E-state index contributed by atoms with van der Waals surface area (Å²) in [6.45, 7) is 0. The highest BCUT2D eigenvalue weighted by molar-refractivity contribution is 7.83. The number of amides is 1. The molecule has 4 nitrogen and oxygen atoms in total. The topological polar surface area (TPSA) is 59.3 Å². The Hall–Kier alpha value is -2.40. The third kappa shape index (κ3) is 2.94. The summed E-state index contributed by atoms with van der Waals surface area (Å²) in [6.07, 6.45) is 3.10. The van der Waals surface area contributed by atoms with E-state index >= 15 is 0 Å². The Kier molecular flexibility index (Phi) is 4.06. The molecule has 0 unspecified atom stereocenters. The average Bonchev–Trinajstić information content (AvgIpc) is 2.93. The monoisotopic (exact) mass is 313 g/mol. The van der Waals surface area contributed by atoms with Gasteiger partial charge < -0.3 is 9.73 Å². The van der Waals surface area contributed by atoms with Gasteiger partial charge in [0.05, 0.1) is 11.3 Å². The Morgan fingerprint density at radius 2 is 1.86 bits per heavy atom. The molecule has 0 saturated carbocycles. The molecule has 1 aromatic heterocycles. The number of hydrogen-bond acceptors (Lipinski definition) is 3. The predicted octanol–water partition coefficient (Wildman–Crippen LogP) is 3.56. The Labute approximate surface area is 130 Å². The van der Waals surface area contributed by atoms with Crippen LogP contribution >= 0.6 is 0 Å². The molecule has 1 heterocycles. The highest BCUT2D eigenvalue weighted by Crippen LogP contribution is 2.23. The van der Waals surface area contributed by atoms with Gasteiger partial charge in [-0.1, -0.05) is 36.4 Å². The summed E-state index contributed by atoms with van der Waals surface area (Å²) in [6, 6.07) is 14.8. The number of carbonyl (C=O) groups excluding carboxylic acids is 1. The van der Waals surface area contributed by atoms with Crippen LogP contribution in [-0.2, 0) is 16.6 Å². The van der Waals surface area contributed by atoms with Gasteiger partial charge in [0, 0.05) is 28.1 Å². The predicted molar refractivity (Wildman–Crippen MR) is 88.4 cm³/mol. The van der Waals surface area contributed by atoms with Crippen LogP contribution in [0.5, 0.6) is 0 Å². The lowest BCUT2D eigenvalue weighted by Gasteiger charge is -2.09. The smallest absolute Gasteiger partial charge is 0.259 e. The molecular formula is C17H15NO3S. The lowest BCUT2D eigenvalue weighted by molar-refractivity contribution is 0.102. The quantitative estimate of drug-likeness (QED) is 0.801. The molecule has 112 valence electrons. The molecular weight excluding hydrogens is 298 g/mol. The molecule has 2 aromatic carbocycles. The number of furan rings is 1. The molecule has 0 bridgehead atoms. The minimum atomic E-state index is -0.970. The average molecular weight is 313 g/mol. The van der Waals surface area contributed by atoms with E-state index in [1.54, 1.807) is 6.26 Å². The molecule has 22 heavy (non-hydrogen) atoms. The lowest BCUT2D eigenvalue weighted by Crippen LogP contribution is -2.13. The molecule has 3 rings (SSSR count). The molecule has 0 aliphatic carbocycles. The number of rotatable bonds is 4. The summed E-state index contributed by atoms with van der Waals surface area (Å²) >= 11 is 0. The molecule has 5 heteroatoms. The number of carbonyl (C=O) groups is 1. The van der Waals surface area contributed by atoms with Gasteiger partial charge in [-0.3, -0.25) is 9.00 Å². The Bertz CT molecular complexity index is 854. The van der Waals surface area contributed by atoms with Crippen LogP contribution in [-0.4, -0.2) is 16.4 Å². The maximum Gasteiger partial charge on any atom is 0.259 e. The number of para-hydroxylation sites is 2. The zero-order valence-corrected chi connectivity index (χ0v) is 12.9. The van der Waals surface area contributed by atoms with Crippen LogP contribution in [0.25, 0.3) is 11.0 Å². The second kappa shape index (κ2) is 6.15. The van der Waals surface area contributed by atoms with Crippen molar-refractivity contribution >= 4 is 33.4 Å². The molecule has 0 spiro atoms. The van der Waals surface area contributed by atoms with E-state index in [2.05, 4.69) is 5.32 Å². The van der Waals surface area contributed by atoms with Crippen molar-refractivity contribution in [3.05, 3.63) is 65.9 Å². The summed E-state index contributed by atoms with van der Waals surface area (Å²) in [5.41, 5.74) is 2.69. The first-order chi connectivity index (χ1) is 10.6. The number of nitrogens with one attached hydrogen (secondary N) is 1. The highest BCUT2D eigenvalue weighted by atomic mass is 32.2. The normalized spacial score (nSPS) is 12.2. The SMILES string of the molecule is C[S@@](=O)Cc1ccccc1NC(=O)c1coc2ccccc12. The lowest BCUT2D eigenvalue weighted by atomic mass is 10.1. The van der Waals surface area contributed by atoms with Gasteiger partial charge in [0.15, 0.2) is 0 Å². The van der Waals surface area contributed by atoms with Gasteiger partial charge in [-0.05, 0) is 17.7 Å². The third-order valence-electron chi connectivity index (χ3n) is 3.35. The molecule has 0 fully saturated rings. The standard InChI is InChI=1S/C17H15NO3S/c1-22(20)11-12-6-2-4-8-15(12)18-17(19)14-10-21-16-9-5-3-7-13(14)16/h2-10H,11H2,1H3,(H,18,19)/t22-/m1/s1. The van der Waals surface area contributed by atoms with Crippen LogP contribution in [0.15, 0.2) is 59.2 Å². The van der Waals surface area contributed by atoms with Crippen molar-refractivity contribution in [1.29, 1.82) is 0 Å². The maximum absolute atomic E-state index is 12.5. The van der Waals surface area contributed by atoms with Crippen molar-refractivity contribution in [3.8, 4) is 0 Å². The Morgan fingerprint density at radius 1 is 1.14 bits per heavy atom. The van der Waals surface area contributed by atoms with E-state index in [9.17, 15) is 9.00 Å². The van der Waals surface area contributed by atoms with E-state index in [4.69, 9.17) is 4.42 Å². The van der Waals surface area contributed by atoms with Gasteiger partial charge >= 0.3 is 0 Å². The van der Waals surface area contributed by atoms with E-state index in [-0.39, 0.29) is 5.91 Å². The van der Waals surface area contributed by atoms with Gasteiger partial charge in [0.2, 0.25) is 0 Å². The van der Waals surface area contributed by atoms with Gasteiger partial charge in [0.25, 0.3) is 5.91 Å². The Morgan fingerprint density at radius 3 is 2.68 bits per heavy atom. The summed E-state index contributed by atoms with van der Waals surface area (Å²) in [4.78, 5) is 12.5. The van der Waals surface area contributed by atoms with Gasteiger partial charge in [-0.2, -0.15) is 0 Å². The van der Waals surface area contributed by atoms with E-state index in [1.807, 2.05) is 48.5 Å². The zero-order chi connectivity index (χ0) is 15.5. The number of fused-ring (bicyclic) bond motifs is 1. The first-order valence-electron chi connectivity index (χ1n) is 6.80. The minimum absolute atomic E-state index is 0.237. The van der Waals surface area contributed by atoms with Crippen LogP contribution in [0.1, 0.15) is 15.9 Å². The second-order valence-electron chi connectivity index (χ2n) is 4.97. The van der Waals surface area contributed by atoms with Crippen molar-refractivity contribution in [2.45, 2.75) is 5.75 Å². The van der Waals surface area contributed by atoms with E-state index in [1.165, 1.54) is 6.26 Å². The third-order valence-corrected chi connectivity index (χ3v) is 4.07. The van der Waals surface area contributed by atoms with Gasteiger partial charge in [-0.25, -0.2) is 0 Å². The summed E-state index contributed by atoms with van der Waals surface area (Å²) in [5, 5.41) is 3.65. The number of hydrogen-bond donors (Lipinski definition) is 1. The molecule has 1 atom stereocenters. The molecule has 1 N–H and O–H groups in total. The first kappa shape index (κ1) is 14.5. The minimum Gasteiger partial charge on any atom is -0.463 e. The van der Waals surface area contributed by atoms with Crippen LogP contribution in [0, 0.1) is 0 Å². The van der Waals surface area contributed by atoms with Crippen molar-refractivity contribution < 1.29 is 13.4 Å². The van der Waals surface area contributed by atoms with E-state index in [0.29, 0.717) is 22.6 Å². The zero-order valence-electron chi connectivity index (χ0n) is 12.0. The largest absolute Gasteiger partial charge is 0.463 e. The van der Waals surface area contributed by atoms with Crippen LogP contribution in [0.2, 0.25) is 0 Å².